The van der Waals surface area contributed by atoms with Crippen molar-refractivity contribution in [2.75, 3.05) is 6.61 Å². The number of aryl methyl sites for hydroxylation is 1. The van der Waals surface area contributed by atoms with Gasteiger partial charge in [-0.3, -0.25) is 0 Å². The number of rotatable bonds is 2. The van der Waals surface area contributed by atoms with Crippen LogP contribution < -0.4 is 0 Å². The van der Waals surface area contributed by atoms with Crippen LogP contribution in [-0.4, -0.2) is 11.7 Å². The molecular weight excluding hydrogens is 196 g/mol. The molecule has 1 nitrogen and oxygen atoms in total. The van der Waals surface area contributed by atoms with Crippen LogP contribution in [0.15, 0.2) is 18.2 Å². The summed E-state index contributed by atoms with van der Waals surface area (Å²) in [5.74, 6) is 0.679. The van der Waals surface area contributed by atoms with Gasteiger partial charge in [-0.1, -0.05) is 39.0 Å². The van der Waals surface area contributed by atoms with Crippen molar-refractivity contribution in [1.82, 2.24) is 0 Å². The minimum Gasteiger partial charge on any atom is -0.395 e. The quantitative estimate of drug-likeness (QED) is 0.806. The van der Waals surface area contributed by atoms with Gasteiger partial charge in [-0.2, -0.15) is 0 Å². The molecule has 16 heavy (non-hydrogen) atoms. The largest absolute Gasteiger partial charge is 0.395 e. The monoisotopic (exact) mass is 218 g/mol. The van der Waals surface area contributed by atoms with E-state index in [-0.39, 0.29) is 12.0 Å². The summed E-state index contributed by atoms with van der Waals surface area (Å²) in [4.78, 5) is 0. The fourth-order valence-electron chi connectivity index (χ4n) is 2.55. The van der Waals surface area contributed by atoms with Crippen LogP contribution in [-0.2, 0) is 11.8 Å². The van der Waals surface area contributed by atoms with Crippen molar-refractivity contribution in [3.05, 3.63) is 34.9 Å². The zero-order valence-electron chi connectivity index (χ0n) is 10.6. The van der Waals surface area contributed by atoms with E-state index in [2.05, 4.69) is 39.0 Å². The average molecular weight is 218 g/mol. The summed E-state index contributed by atoms with van der Waals surface area (Å²) in [6, 6.07) is 6.76. The Morgan fingerprint density at radius 1 is 1.38 bits per heavy atom. The average Bonchev–Trinajstić information content (AvgIpc) is 2.29. The number of hydrogen-bond donors (Lipinski definition) is 1. The fourth-order valence-corrected chi connectivity index (χ4v) is 2.55. The molecule has 0 aromatic heterocycles. The van der Waals surface area contributed by atoms with Crippen molar-refractivity contribution >= 4 is 0 Å². The van der Waals surface area contributed by atoms with E-state index in [1.165, 1.54) is 36.0 Å². The first-order chi connectivity index (χ1) is 7.54. The third-order valence-corrected chi connectivity index (χ3v) is 3.94. The van der Waals surface area contributed by atoms with Crippen LogP contribution in [0.25, 0.3) is 0 Å². The standard InChI is InChI=1S/C15H22O/c1-11-5-4-6-12-7-8-13(9-14(11)12)15(2,3)10-16/h7-9,11,16H,4-6,10H2,1-3H3. The van der Waals surface area contributed by atoms with E-state index in [1.807, 2.05) is 0 Å². The highest BCUT2D eigenvalue weighted by Gasteiger charge is 2.23. The summed E-state index contributed by atoms with van der Waals surface area (Å²) in [6.07, 6.45) is 3.84. The maximum Gasteiger partial charge on any atom is 0.0522 e. The number of fused-ring (bicyclic) bond motifs is 1. The highest BCUT2D eigenvalue weighted by atomic mass is 16.3. The van der Waals surface area contributed by atoms with E-state index in [0.29, 0.717) is 5.92 Å². The molecule has 0 bridgehead atoms. The van der Waals surface area contributed by atoms with Crippen molar-refractivity contribution in [2.24, 2.45) is 0 Å². The Balaban J connectivity index is 2.41. The maximum atomic E-state index is 9.42. The summed E-state index contributed by atoms with van der Waals surface area (Å²) < 4.78 is 0. The van der Waals surface area contributed by atoms with E-state index >= 15 is 0 Å². The van der Waals surface area contributed by atoms with Gasteiger partial charge < -0.3 is 5.11 Å². The normalized spacial score (nSPS) is 20.6. The third-order valence-electron chi connectivity index (χ3n) is 3.94. The summed E-state index contributed by atoms with van der Waals surface area (Å²) in [7, 11) is 0. The van der Waals surface area contributed by atoms with Crippen LogP contribution >= 0.6 is 0 Å². The molecular formula is C15H22O. The SMILES string of the molecule is CC1CCCc2ccc(C(C)(C)CO)cc21. The van der Waals surface area contributed by atoms with Gasteiger partial charge in [0.25, 0.3) is 0 Å². The van der Waals surface area contributed by atoms with Gasteiger partial charge >= 0.3 is 0 Å². The Morgan fingerprint density at radius 3 is 2.81 bits per heavy atom. The smallest absolute Gasteiger partial charge is 0.0522 e. The molecule has 1 unspecified atom stereocenters. The lowest BCUT2D eigenvalue weighted by atomic mass is 9.78. The van der Waals surface area contributed by atoms with Gasteiger partial charge in [0.2, 0.25) is 0 Å². The van der Waals surface area contributed by atoms with E-state index in [1.54, 1.807) is 0 Å². The van der Waals surface area contributed by atoms with Crippen LogP contribution in [0, 0.1) is 0 Å². The van der Waals surface area contributed by atoms with E-state index in [9.17, 15) is 5.11 Å². The highest BCUT2D eigenvalue weighted by Crippen LogP contribution is 2.34. The Hall–Kier alpha value is -0.820. The molecule has 0 fully saturated rings. The van der Waals surface area contributed by atoms with Crippen LogP contribution in [0.2, 0.25) is 0 Å². The van der Waals surface area contributed by atoms with Crippen LogP contribution in [0.1, 0.15) is 56.2 Å². The molecule has 2 rings (SSSR count). The predicted molar refractivity (Wildman–Crippen MR) is 67.9 cm³/mol. The molecule has 1 aliphatic rings. The van der Waals surface area contributed by atoms with Crippen LogP contribution in [0.3, 0.4) is 0 Å². The second-order valence-corrected chi connectivity index (χ2v) is 5.75. The Kier molecular flexibility index (Phi) is 3.07. The van der Waals surface area contributed by atoms with Crippen molar-refractivity contribution in [3.63, 3.8) is 0 Å². The van der Waals surface area contributed by atoms with Gasteiger partial charge in [-0.25, -0.2) is 0 Å². The minimum absolute atomic E-state index is 0.119. The molecule has 1 heteroatoms. The first-order valence-corrected chi connectivity index (χ1v) is 6.29. The van der Waals surface area contributed by atoms with Gasteiger partial charge in [-0.15, -0.1) is 0 Å². The van der Waals surface area contributed by atoms with Gasteiger partial charge in [0, 0.05) is 5.41 Å². The van der Waals surface area contributed by atoms with Crippen LogP contribution in [0.4, 0.5) is 0 Å². The van der Waals surface area contributed by atoms with Gasteiger partial charge in [0.15, 0.2) is 0 Å². The first-order valence-electron chi connectivity index (χ1n) is 6.29. The van der Waals surface area contributed by atoms with Gasteiger partial charge in [-0.05, 0) is 41.9 Å². The van der Waals surface area contributed by atoms with Gasteiger partial charge in [0.05, 0.1) is 6.61 Å². The molecule has 1 aliphatic carbocycles. The van der Waals surface area contributed by atoms with E-state index in [0.717, 1.165) is 0 Å². The van der Waals surface area contributed by atoms with Crippen molar-refractivity contribution in [2.45, 2.75) is 51.4 Å². The summed E-state index contributed by atoms with van der Waals surface area (Å²) in [6.45, 7) is 6.72. The minimum atomic E-state index is -0.119. The second-order valence-electron chi connectivity index (χ2n) is 5.75. The zero-order chi connectivity index (χ0) is 11.8. The predicted octanol–water partition coefficient (Wildman–Crippen LogP) is 3.40. The highest BCUT2D eigenvalue weighted by molar-refractivity contribution is 5.39. The molecule has 0 amide bonds. The second kappa shape index (κ2) is 4.21. The third kappa shape index (κ3) is 2.01. The number of aliphatic hydroxyl groups is 1. The first kappa shape index (κ1) is 11.7. The fraction of sp³-hybridized carbons (Fsp3) is 0.600. The topological polar surface area (TPSA) is 20.2 Å². The molecule has 1 N–H and O–H groups in total. The lowest BCUT2D eigenvalue weighted by Gasteiger charge is -2.28. The lowest BCUT2D eigenvalue weighted by molar-refractivity contribution is 0.218. The molecule has 0 radical (unpaired) electrons. The summed E-state index contributed by atoms with van der Waals surface area (Å²) in [5.41, 5.74) is 4.16. The molecule has 0 saturated heterocycles. The Bertz CT molecular complexity index is 379. The van der Waals surface area contributed by atoms with Crippen molar-refractivity contribution in [3.8, 4) is 0 Å². The molecule has 0 spiro atoms. The number of benzene rings is 1. The summed E-state index contributed by atoms with van der Waals surface area (Å²) >= 11 is 0. The molecule has 1 atom stereocenters. The zero-order valence-corrected chi connectivity index (χ0v) is 10.6. The summed E-state index contributed by atoms with van der Waals surface area (Å²) in [5, 5.41) is 9.42. The molecule has 88 valence electrons. The maximum absolute atomic E-state index is 9.42. The molecule has 1 aromatic rings. The molecule has 0 saturated carbocycles. The molecule has 0 heterocycles. The van der Waals surface area contributed by atoms with Crippen LogP contribution in [0.5, 0.6) is 0 Å². The van der Waals surface area contributed by atoms with Crippen molar-refractivity contribution in [1.29, 1.82) is 0 Å². The van der Waals surface area contributed by atoms with E-state index < -0.39 is 0 Å². The Labute approximate surface area is 98.5 Å². The molecule has 1 aromatic carbocycles. The molecule has 0 aliphatic heterocycles. The number of hydrogen-bond acceptors (Lipinski definition) is 1. The lowest BCUT2D eigenvalue weighted by Crippen LogP contribution is -2.23. The number of aliphatic hydroxyl groups excluding tert-OH is 1. The Morgan fingerprint density at radius 2 is 2.12 bits per heavy atom. The van der Waals surface area contributed by atoms with E-state index in [4.69, 9.17) is 0 Å². The van der Waals surface area contributed by atoms with Gasteiger partial charge in [0.1, 0.15) is 0 Å². The van der Waals surface area contributed by atoms with Crippen molar-refractivity contribution < 1.29 is 5.11 Å².